The normalized spacial score (nSPS) is 16.6. The van der Waals surface area contributed by atoms with Crippen molar-refractivity contribution < 1.29 is 5.11 Å². The third-order valence-electron chi connectivity index (χ3n) is 4.59. The van der Waals surface area contributed by atoms with Gasteiger partial charge in [-0.05, 0) is 30.9 Å². The summed E-state index contributed by atoms with van der Waals surface area (Å²) in [6.45, 7) is 5.39. The van der Waals surface area contributed by atoms with Crippen LogP contribution in [-0.2, 0) is 13.0 Å². The molecule has 25 heavy (non-hydrogen) atoms. The number of benzene rings is 1. The maximum atomic E-state index is 13.1. The number of thioether (sulfide) groups is 1. The molecule has 0 fully saturated rings. The van der Waals surface area contributed by atoms with Crippen LogP contribution in [0.5, 0.6) is 5.88 Å². The SMILES string of the molecule is CCCCSc1nc(O)c(C2NCCc3ccccc32)c(=O)n1CC. The molecule has 3 rings (SSSR count). The average Bonchev–Trinajstić information content (AvgIpc) is 2.62. The van der Waals surface area contributed by atoms with Crippen molar-refractivity contribution in [2.24, 2.45) is 0 Å². The largest absolute Gasteiger partial charge is 0.493 e. The number of aromatic hydroxyl groups is 1. The summed E-state index contributed by atoms with van der Waals surface area (Å²) >= 11 is 1.54. The summed E-state index contributed by atoms with van der Waals surface area (Å²) in [6, 6.07) is 7.78. The molecule has 0 saturated carbocycles. The first-order valence-electron chi connectivity index (χ1n) is 8.95. The Bertz CT molecular complexity index is 804. The summed E-state index contributed by atoms with van der Waals surface area (Å²) in [7, 11) is 0. The highest BCUT2D eigenvalue weighted by atomic mass is 32.2. The number of nitrogens with one attached hydrogen (secondary N) is 1. The summed E-state index contributed by atoms with van der Waals surface area (Å²) in [5, 5.41) is 14.5. The molecule has 1 atom stereocenters. The number of aromatic nitrogens is 2. The van der Waals surface area contributed by atoms with Gasteiger partial charge in [0.15, 0.2) is 5.16 Å². The van der Waals surface area contributed by atoms with E-state index in [-0.39, 0.29) is 17.5 Å². The van der Waals surface area contributed by atoms with Crippen molar-refractivity contribution in [2.75, 3.05) is 12.3 Å². The Labute approximate surface area is 152 Å². The van der Waals surface area contributed by atoms with Crippen molar-refractivity contribution in [3.63, 3.8) is 0 Å². The first-order valence-corrected chi connectivity index (χ1v) is 9.93. The van der Waals surface area contributed by atoms with Crippen LogP contribution in [0.15, 0.2) is 34.2 Å². The van der Waals surface area contributed by atoms with Crippen molar-refractivity contribution in [1.29, 1.82) is 0 Å². The molecule has 0 amide bonds. The minimum Gasteiger partial charge on any atom is -0.493 e. The molecule has 0 spiro atoms. The summed E-state index contributed by atoms with van der Waals surface area (Å²) in [5.74, 6) is 0.745. The van der Waals surface area contributed by atoms with Crippen LogP contribution < -0.4 is 10.9 Å². The van der Waals surface area contributed by atoms with E-state index in [0.29, 0.717) is 17.3 Å². The van der Waals surface area contributed by atoms with Crippen molar-refractivity contribution in [2.45, 2.75) is 50.9 Å². The Morgan fingerprint density at radius 1 is 1.36 bits per heavy atom. The maximum absolute atomic E-state index is 13.1. The number of hydrogen-bond acceptors (Lipinski definition) is 5. The van der Waals surface area contributed by atoms with Crippen LogP contribution in [0.2, 0.25) is 0 Å². The van der Waals surface area contributed by atoms with Gasteiger partial charge in [-0.25, -0.2) is 0 Å². The van der Waals surface area contributed by atoms with Crippen molar-refractivity contribution in [1.82, 2.24) is 14.9 Å². The molecule has 0 saturated heterocycles. The van der Waals surface area contributed by atoms with E-state index in [2.05, 4.69) is 23.3 Å². The fraction of sp³-hybridized carbons (Fsp3) is 0.474. The molecule has 134 valence electrons. The lowest BCUT2D eigenvalue weighted by Crippen LogP contribution is -2.37. The highest BCUT2D eigenvalue weighted by Gasteiger charge is 2.28. The van der Waals surface area contributed by atoms with E-state index < -0.39 is 0 Å². The van der Waals surface area contributed by atoms with Gasteiger partial charge in [0, 0.05) is 18.8 Å². The predicted octanol–water partition coefficient (Wildman–Crippen LogP) is 3.10. The molecular formula is C19H25N3O2S. The molecule has 0 aliphatic carbocycles. The third-order valence-corrected chi connectivity index (χ3v) is 5.65. The Balaban J connectivity index is 2.05. The predicted molar refractivity (Wildman–Crippen MR) is 101 cm³/mol. The number of hydrogen-bond donors (Lipinski definition) is 2. The van der Waals surface area contributed by atoms with Crippen molar-refractivity contribution in [3.8, 4) is 5.88 Å². The Morgan fingerprint density at radius 2 is 2.16 bits per heavy atom. The lowest BCUT2D eigenvalue weighted by atomic mass is 9.91. The topological polar surface area (TPSA) is 67.2 Å². The second kappa shape index (κ2) is 8.06. The fourth-order valence-corrected chi connectivity index (χ4v) is 4.39. The summed E-state index contributed by atoms with van der Waals surface area (Å²) in [6.07, 6.45) is 3.08. The van der Waals surface area contributed by atoms with Gasteiger partial charge in [0.05, 0.1) is 6.04 Å². The highest BCUT2D eigenvalue weighted by Crippen LogP contribution is 2.31. The molecule has 0 bridgehead atoms. The van der Waals surface area contributed by atoms with Gasteiger partial charge in [-0.15, -0.1) is 0 Å². The Kier molecular flexibility index (Phi) is 5.81. The summed E-state index contributed by atoms with van der Waals surface area (Å²) in [4.78, 5) is 17.5. The Hall–Kier alpha value is -1.79. The fourth-order valence-electron chi connectivity index (χ4n) is 3.25. The lowest BCUT2D eigenvalue weighted by molar-refractivity contribution is 0.410. The molecule has 1 aromatic carbocycles. The molecule has 2 heterocycles. The van der Waals surface area contributed by atoms with Gasteiger partial charge in [0.25, 0.3) is 5.56 Å². The van der Waals surface area contributed by atoms with Gasteiger partial charge in [0.2, 0.25) is 5.88 Å². The van der Waals surface area contributed by atoms with Crippen LogP contribution in [0.25, 0.3) is 0 Å². The molecule has 2 N–H and O–H groups in total. The van der Waals surface area contributed by atoms with Crippen LogP contribution in [0, 0.1) is 0 Å². The standard InChI is InChI=1S/C19H25N3O2S/c1-3-5-12-25-19-21-17(23)15(18(24)22(19)4-2)16-14-9-7-6-8-13(14)10-11-20-16/h6-9,16,20,23H,3-5,10-12H2,1-2H3. The van der Waals surface area contributed by atoms with Crippen LogP contribution in [0.3, 0.4) is 0 Å². The molecule has 2 aromatic rings. The highest BCUT2D eigenvalue weighted by molar-refractivity contribution is 7.99. The molecule has 6 heteroatoms. The molecule has 1 unspecified atom stereocenters. The van der Waals surface area contributed by atoms with Crippen LogP contribution in [0.1, 0.15) is 49.4 Å². The van der Waals surface area contributed by atoms with Gasteiger partial charge in [-0.2, -0.15) is 4.98 Å². The van der Waals surface area contributed by atoms with Crippen molar-refractivity contribution in [3.05, 3.63) is 51.3 Å². The quantitative estimate of drug-likeness (QED) is 0.471. The molecule has 5 nitrogen and oxygen atoms in total. The van der Waals surface area contributed by atoms with E-state index in [4.69, 9.17) is 0 Å². The van der Waals surface area contributed by atoms with Crippen LogP contribution in [-0.4, -0.2) is 27.0 Å². The molecular weight excluding hydrogens is 334 g/mol. The lowest BCUT2D eigenvalue weighted by Gasteiger charge is -2.27. The zero-order valence-electron chi connectivity index (χ0n) is 14.8. The second-order valence-electron chi connectivity index (χ2n) is 6.22. The average molecular weight is 359 g/mol. The van der Waals surface area contributed by atoms with E-state index in [1.807, 2.05) is 25.1 Å². The second-order valence-corrected chi connectivity index (χ2v) is 7.28. The number of nitrogens with zero attached hydrogens (tertiary/aromatic N) is 2. The molecule has 1 aliphatic rings. The zero-order valence-corrected chi connectivity index (χ0v) is 15.6. The van der Waals surface area contributed by atoms with Crippen LogP contribution in [0.4, 0.5) is 0 Å². The zero-order chi connectivity index (χ0) is 17.8. The molecule has 0 radical (unpaired) electrons. The van der Waals surface area contributed by atoms with E-state index in [1.165, 1.54) is 17.3 Å². The van der Waals surface area contributed by atoms with Gasteiger partial charge < -0.3 is 10.4 Å². The number of unbranched alkanes of at least 4 members (excludes halogenated alkanes) is 1. The monoisotopic (exact) mass is 359 g/mol. The van der Waals surface area contributed by atoms with Gasteiger partial charge in [-0.3, -0.25) is 9.36 Å². The first kappa shape index (κ1) is 18.0. The van der Waals surface area contributed by atoms with Gasteiger partial charge in [0.1, 0.15) is 5.56 Å². The van der Waals surface area contributed by atoms with Crippen LogP contribution >= 0.6 is 11.8 Å². The van der Waals surface area contributed by atoms with E-state index in [1.54, 1.807) is 4.57 Å². The number of rotatable bonds is 6. The molecule has 1 aliphatic heterocycles. The minimum atomic E-state index is -0.308. The van der Waals surface area contributed by atoms with Gasteiger partial charge in [-0.1, -0.05) is 49.4 Å². The summed E-state index contributed by atoms with van der Waals surface area (Å²) < 4.78 is 1.67. The molecule has 1 aromatic heterocycles. The van der Waals surface area contributed by atoms with E-state index >= 15 is 0 Å². The minimum absolute atomic E-state index is 0.150. The van der Waals surface area contributed by atoms with E-state index in [0.717, 1.165) is 37.1 Å². The van der Waals surface area contributed by atoms with Gasteiger partial charge >= 0.3 is 0 Å². The maximum Gasteiger partial charge on any atom is 0.263 e. The summed E-state index contributed by atoms with van der Waals surface area (Å²) in [5.41, 5.74) is 2.48. The van der Waals surface area contributed by atoms with Crippen molar-refractivity contribution >= 4 is 11.8 Å². The first-order chi connectivity index (χ1) is 12.2. The number of fused-ring (bicyclic) bond motifs is 1. The van der Waals surface area contributed by atoms with E-state index in [9.17, 15) is 9.90 Å². The smallest absolute Gasteiger partial charge is 0.263 e. The third kappa shape index (κ3) is 3.60. The Morgan fingerprint density at radius 3 is 2.92 bits per heavy atom.